The van der Waals surface area contributed by atoms with E-state index >= 15 is 0 Å². The van der Waals surface area contributed by atoms with Crippen LogP contribution in [0.2, 0.25) is 0 Å². The summed E-state index contributed by atoms with van der Waals surface area (Å²) in [5.41, 5.74) is 2.95. The molecule has 0 saturated carbocycles. The second-order valence-electron chi connectivity index (χ2n) is 7.84. The summed E-state index contributed by atoms with van der Waals surface area (Å²) in [7, 11) is 3.41. The molecule has 1 atom stereocenters. The van der Waals surface area contributed by atoms with Gasteiger partial charge in [-0.05, 0) is 69.0 Å². The minimum atomic E-state index is -0.169. The lowest BCUT2D eigenvalue weighted by Crippen LogP contribution is -2.32. The molecule has 144 valence electrons. The fourth-order valence-electron chi connectivity index (χ4n) is 3.09. The summed E-state index contributed by atoms with van der Waals surface area (Å²) in [5, 5.41) is 2.83. The Labute approximate surface area is 161 Å². The van der Waals surface area contributed by atoms with E-state index in [1.807, 2.05) is 37.3 Å². The van der Waals surface area contributed by atoms with Crippen LogP contribution in [0.3, 0.4) is 0 Å². The SMILES string of the molecule is CC(Oc1cccc(NC(=O)N(C)C)c1)c1ccc2c(c1)CCC(C)(C)O2. The van der Waals surface area contributed by atoms with Gasteiger partial charge in [0.15, 0.2) is 0 Å². The maximum atomic E-state index is 11.8. The van der Waals surface area contributed by atoms with Gasteiger partial charge in [0.2, 0.25) is 0 Å². The van der Waals surface area contributed by atoms with Crippen molar-refractivity contribution in [3.63, 3.8) is 0 Å². The predicted molar refractivity (Wildman–Crippen MR) is 108 cm³/mol. The molecule has 5 heteroatoms. The molecule has 5 nitrogen and oxygen atoms in total. The van der Waals surface area contributed by atoms with Gasteiger partial charge in [0.25, 0.3) is 0 Å². The Morgan fingerprint density at radius 1 is 1.22 bits per heavy atom. The van der Waals surface area contributed by atoms with Crippen molar-refractivity contribution in [2.24, 2.45) is 0 Å². The van der Waals surface area contributed by atoms with Gasteiger partial charge in [-0.2, -0.15) is 0 Å². The molecule has 1 aliphatic rings. The van der Waals surface area contributed by atoms with Crippen LogP contribution in [0.1, 0.15) is 44.4 Å². The quantitative estimate of drug-likeness (QED) is 0.824. The van der Waals surface area contributed by atoms with E-state index < -0.39 is 0 Å². The van der Waals surface area contributed by atoms with E-state index in [4.69, 9.17) is 9.47 Å². The standard InChI is InChI=1S/C22H28N2O3/c1-15(16-9-10-20-17(13-16)11-12-22(2,3)27-20)26-19-8-6-7-18(14-19)23-21(25)24(4)5/h6-10,13-15H,11-12H2,1-5H3,(H,23,25). The van der Waals surface area contributed by atoms with Gasteiger partial charge in [-0.25, -0.2) is 4.79 Å². The monoisotopic (exact) mass is 368 g/mol. The number of nitrogens with one attached hydrogen (secondary N) is 1. The van der Waals surface area contributed by atoms with Crippen LogP contribution >= 0.6 is 0 Å². The van der Waals surface area contributed by atoms with Gasteiger partial charge in [-0.1, -0.05) is 12.1 Å². The highest BCUT2D eigenvalue weighted by Gasteiger charge is 2.26. The summed E-state index contributed by atoms with van der Waals surface area (Å²) in [6, 6.07) is 13.5. The van der Waals surface area contributed by atoms with E-state index in [-0.39, 0.29) is 17.7 Å². The highest BCUT2D eigenvalue weighted by molar-refractivity contribution is 5.89. The third-order valence-corrected chi connectivity index (χ3v) is 4.74. The molecule has 0 saturated heterocycles. The van der Waals surface area contributed by atoms with Crippen LogP contribution in [0.25, 0.3) is 0 Å². The van der Waals surface area contributed by atoms with Crippen molar-refractivity contribution in [3.05, 3.63) is 53.6 Å². The second kappa shape index (κ2) is 7.51. The number of ether oxygens (including phenoxy) is 2. The minimum Gasteiger partial charge on any atom is -0.488 e. The summed E-state index contributed by atoms with van der Waals surface area (Å²) in [5.74, 6) is 1.68. The van der Waals surface area contributed by atoms with Crippen molar-refractivity contribution in [3.8, 4) is 11.5 Å². The number of hydrogen-bond acceptors (Lipinski definition) is 3. The number of urea groups is 1. The third-order valence-electron chi connectivity index (χ3n) is 4.74. The van der Waals surface area contributed by atoms with Crippen LogP contribution in [0.5, 0.6) is 11.5 Å². The van der Waals surface area contributed by atoms with E-state index in [1.165, 1.54) is 10.5 Å². The zero-order valence-corrected chi connectivity index (χ0v) is 16.7. The van der Waals surface area contributed by atoms with Gasteiger partial charge < -0.3 is 19.7 Å². The third kappa shape index (κ3) is 4.73. The fourth-order valence-corrected chi connectivity index (χ4v) is 3.09. The first-order chi connectivity index (χ1) is 12.7. The summed E-state index contributed by atoms with van der Waals surface area (Å²) < 4.78 is 12.2. The number of anilines is 1. The second-order valence-corrected chi connectivity index (χ2v) is 7.84. The number of carbonyl (C=O) groups excluding carboxylic acids is 1. The van der Waals surface area contributed by atoms with Crippen LogP contribution in [0.15, 0.2) is 42.5 Å². The van der Waals surface area contributed by atoms with Gasteiger partial charge in [0, 0.05) is 25.8 Å². The van der Waals surface area contributed by atoms with E-state index in [2.05, 4.69) is 31.3 Å². The molecule has 1 N–H and O–H groups in total. The van der Waals surface area contributed by atoms with Crippen LogP contribution < -0.4 is 14.8 Å². The molecule has 2 amide bonds. The molecule has 0 fully saturated rings. The number of hydrogen-bond donors (Lipinski definition) is 1. The number of amides is 2. The first-order valence-corrected chi connectivity index (χ1v) is 9.30. The lowest BCUT2D eigenvalue weighted by atomic mass is 9.93. The van der Waals surface area contributed by atoms with E-state index in [0.29, 0.717) is 11.4 Å². The zero-order chi connectivity index (χ0) is 19.6. The molecular weight excluding hydrogens is 340 g/mol. The maximum absolute atomic E-state index is 11.8. The number of benzene rings is 2. The van der Waals surface area contributed by atoms with Crippen molar-refractivity contribution in [2.45, 2.75) is 45.3 Å². The molecule has 2 aromatic rings. The normalized spacial score (nSPS) is 15.9. The topological polar surface area (TPSA) is 50.8 Å². The van der Waals surface area contributed by atoms with Crippen LogP contribution in [-0.2, 0) is 6.42 Å². The molecule has 0 spiro atoms. The lowest BCUT2D eigenvalue weighted by Gasteiger charge is -2.33. The first-order valence-electron chi connectivity index (χ1n) is 9.30. The Kier molecular flexibility index (Phi) is 5.31. The van der Waals surface area contributed by atoms with Gasteiger partial charge in [0.05, 0.1) is 0 Å². The number of rotatable bonds is 4. The molecule has 0 aromatic heterocycles. The maximum Gasteiger partial charge on any atom is 0.321 e. The molecule has 1 aliphatic heterocycles. The van der Waals surface area contributed by atoms with Crippen LogP contribution in [-0.4, -0.2) is 30.6 Å². The highest BCUT2D eigenvalue weighted by Crippen LogP contribution is 2.35. The average molecular weight is 368 g/mol. The van der Waals surface area contributed by atoms with E-state index in [1.54, 1.807) is 14.1 Å². The molecule has 0 bridgehead atoms. The lowest BCUT2D eigenvalue weighted by molar-refractivity contribution is 0.0845. The summed E-state index contributed by atoms with van der Waals surface area (Å²) in [6.07, 6.45) is 1.91. The van der Waals surface area contributed by atoms with Crippen molar-refractivity contribution >= 4 is 11.7 Å². The number of nitrogens with zero attached hydrogens (tertiary/aromatic N) is 1. The van der Waals surface area contributed by atoms with E-state index in [9.17, 15) is 4.79 Å². The van der Waals surface area contributed by atoms with Crippen molar-refractivity contribution in [2.75, 3.05) is 19.4 Å². The largest absolute Gasteiger partial charge is 0.488 e. The Morgan fingerprint density at radius 2 is 2.00 bits per heavy atom. The molecule has 27 heavy (non-hydrogen) atoms. The Balaban J connectivity index is 1.71. The number of fused-ring (bicyclic) bond motifs is 1. The molecule has 0 aliphatic carbocycles. The van der Waals surface area contributed by atoms with Gasteiger partial charge in [-0.15, -0.1) is 0 Å². The average Bonchev–Trinajstić information content (AvgIpc) is 2.60. The van der Waals surface area contributed by atoms with Crippen LogP contribution in [0.4, 0.5) is 10.5 Å². The predicted octanol–water partition coefficient (Wildman–Crippen LogP) is 5.02. The smallest absolute Gasteiger partial charge is 0.321 e. The van der Waals surface area contributed by atoms with Gasteiger partial charge in [0.1, 0.15) is 23.2 Å². The van der Waals surface area contributed by atoms with Crippen molar-refractivity contribution < 1.29 is 14.3 Å². The molecule has 0 radical (unpaired) electrons. The van der Waals surface area contributed by atoms with Crippen LogP contribution in [0, 0.1) is 0 Å². The Bertz CT molecular complexity index is 830. The first kappa shape index (κ1) is 19.1. The Hall–Kier alpha value is -2.69. The molecule has 2 aromatic carbocycles. The highest BCUT2D eigenvalue weighted by atomic mass is 16.5. The zero-order valence-electron chi connectivity index (χ0n) is 16.7. The summed E-state index contributed by atoms with van der Waals surface area (Å²) in [6.45, 7) is 6.27. The van der Waals surface area contributed by atoms with Gasteiger partial charge >= 0.3 is 6.03 Å². The molecule has 3 rings (SSSR count). The summed E-state index contributed by atoms with van der Waals surface area (Å²) in [4.78, 5) is 13.3. The Morgan fingerprint density at radius 3 is 2.74 bits per heavy atom. The minimum absolute atomic E-state index is 0.103. The molecular formula is C22H28N2O3. The van der Waals surface area contributed by atoms with Gasteiger partial charge in [-0.3, -0.25) is 0 Å². The molecule has 1 heterocycles. The van der Waals surface area contributed by atoms with E-state index in [0.717, 1.165) is 24.2 Å². The fraction of sp³-hybridized carbons (Fsp3) is 0.409. The van der Waals surface area contributed by atoms with Crippen molar-refractivity contribution in [1.82, 2.24) is 4.90 Å². The summed E-state index contributed by atoms with van der Waals surface area (Å²) >= 11 is 0. The number of carbonyl (C=O) groups is 1. The molecule has 1 unspecified atom stereocenters. The number of aryl methyl sites for hydroxylation is 1. The van der Waals surface area contributed by atoms with Crippen molar-refractivity contribution in [1.29, 1.82) is 0 Å².